The number of hydrogen-bond acceptors (Lipinski definition) is 7. The van der Waals surface area contributed by atoms with Crippen LogP contribution in [-0.4, -0.2) is 58.4 Å². The third-order valence-electron chi connectivity index (χ3n) is 7.16. The largest absolute Gasteiger partial charge is 0.492 e. The minimum absolute atomic E-state index is 0.208. The Labute approximate surface area is 245 Å². The minimum atomic E-state index is -0.430. The van der Waals surface area contributed by atoms with Crippen LogP contribution in [0, 0.1) is 6.92 Å². The number of likely N-dealkylation sites (tertiary alicyclic amines) is 1. The summed E-state index contributed by atoms with van der Waals surface area (Å²) in [4.78, 5) is 27.7. The van der Waals surface area contributed by atoms with Crippen molar-refractivity contribution in [3.05, 3.63) is 71.5 Å². The lowest BCUT2D eigenvalue weighted by Gasteiger charge is -2.15. The van der Waals surface area contributed by atoms with Crippen molar-refractivity contribution < 1.29 is 18.8 Å². The molecule has 4 aromatic rings. The van der Waals surface area contributed by atoms with E-state index in [-0.39, 0.29) is 11.3 Å². The third kappa shape index (κ3) is 7.16. The van der Waals surface area contributed by atoms with Crippen molar-refractivity contribution in [2.45, 2.75) is 46.0 Å². The zero-order valence-electron chi connectivity index (χ0n) is 24.4. The van der Waals surface area contributed by atoms with Gasteiger partial charge in [0.05, 0.1) is 5.69 Å². The van der Waals surface area contributed by atoms with Crippen LogP contribution in [0.2, 0.25) is 0 Å². The van der Waals surface area contributed by atoms with Crippen molar-refractivity contribution in [3.8, 4) is 17.0 Å². The molecule has 2 aromatic carbocycles. The summed E-state index contributed by atoms with van der Waals surface area (Å²) in [5.74, 6) is 1.96. The molecular weight excluding hydrogens is 534 g/mol. The van der Waals surface area contributed by atoms with E-state index >= 15 is 0 Å². The van der Waals surface area contributed by atoms with Crippen LogP contribution in [0.1, 0.15) is 55.3 Å². The monoisotopic (exact) mass is 571 g/mol. The summed E-state index contributed by atoms with van der Waals surface area (Å²) in [6.07, 6.45) is 2.52. The smallest absolute Gasteiger partial charge is 0.324 e. The minimum Gasteiger partial charge on any atom is -0.492 e. The number of anilines is 3. The topological polar surface area (TPSA) is 137 Å². The average molecular weight is 572 g/mol. The molecule has 5 rings (SSSR count). The molecule has 4 N–H and O–H groups in total. The van der Waals surface area contributed by atoms with Crippen LogP contribution >= 0.6 is 0 Å². The fourth-order valence-electron chi connectivity index (χ4n) is 4.67. The summed E-state index contributed by atoms with van der Waals surface area (Å²) < 4.78 is 11.1. The first-order chi connectivity index (χ1) is 20.2. The van der Waals surface area contributed by atoms with E-state index in [9.17, 15) is 9.59 Å². The van der Waals surface area contributed by atoms with Crippen LogP contribution in [0.25, 0.3) is 11.3 Å². The molecule has 0 saturated carbocycles. The lowest BCUT2D eigenvalue weighted by atomic mass is 9.93. The first-order valence-electron chi connectivity index (χ1n) is 14.1. The highest BCUT2D eigenvalue weighted by molar-refractivity contribution is 6.04. The highest BCUT2D eigenvalue weighted by atomic mass is 16.5. The highest BCUT2D eigenvalue weighted by Gasteiger charge is 2.20. The van der Waals surface area contributed by atoms with Gasteiger partial charge in [-0.1, -0.05) is 38.1 Å². The van der Waals surface area contributed by atoms with Gasteiger partial charge in [0.15, 0.2) is 11.6 Å². The molecule has 3 amide bonds. The number of hydrogen-bond donors (Lipinski definition) is 4. The number of carbonyl (C=O) groups is 2. The van der Waals surface area contributed by atoms with E-state index in [2.05, 4.69) is 36.2 Å². The van der Waals surface area contributed by atoms with Crippen molar-refractivity contribution in [1.29, 1.82) is 0 Å². The molecule has 42 heavy (non-hydrogen) atoms. The molecule has 1 aliphatic heterocycles. The molecule has 0 bridgehead atoms. The first-order valence-corrected chi connectivity index (χ1v) is 14.1. The van der Waals surface area contributed by atoms with Crippen LogP contribution in [0.15, 0.2) is 59.1 Å². The number of benzene rings is 2. The molecule has 2 aromatic heterocycles. The zero-order valence-corrected chi connectivity index (χ0v) is 24.4. The summed E-state index contributed by atoms with van der Waals surface area (Å²) in [5, 5.41) is 19.6. The number of aromatic amines is 1. The Hall–Kier alpha value is -4.64. The number of carbonyl (C=O) groups excluding carboxylic acids is 2. The Kier molecular flexibility index (Phi) is 8.58. The van der Waals surface area contributed by atoms with Crippen molar-refractivity contribution >= 4 is 29.3 Å². The Morgan fingerprint density at radius 2 is 1.71 bits per heavy atom. The number of H-pyrrole nitrogens is 1. The molecule has 1 saturated heterocycles. The van der Waals surface area contributed by atoms with E-state index in [1.54, 1.807) is 30.3 Å². The standard InChI is InChI=1S/C31H37N7O4/c1-20-27(21-7-11-23(12-8-21)32-30(40)33-26-19-25(42-37-26)31(2,3)4)35-36-28(20)34-29(39)22-9-13-24(14-10-22)41-18-17-38-15-5-6-16-38/h7-14,19H,5-6,15-18H2,1-4H3,(H2,32,33,37,40)(H2,34,35,36,39). The van der Waals surface area contributed by atoms with E-state index in [0.717, 1.165) is 42.2 Å². The lowest BCUT2D eigenvalue weighted by molar-refractivity contribution is 0.102. The lowest BCUT2D eigenvalue weighted by Crippen LogP contribution is -2.25. The second-order valence-electron chi connectivity index (χ2n) is 11.4. The molecule has 0 atom stereocenters. The van der Waals surface area contributed by atoms with Crippen LogP contribution in [0.3, 0.4) is 0 Å². The quantitative estimate of drug-likeness (QED) is 0.192. The van der Waals surface area contributed by atoms with Gasteiger partial charge >= 0.3 is 6.03 Å². The number of amides is 3. The average Bonchev–Trinajstić information content (AvgIpc) is 3.72. The highest BCUT2D eigenvalue weighted by Crippen LogP contribution is 2.28. The molecular formula is C31H37N7O4. The van der Waals surface area contributed by atoms with E-state index in [0.29, 0.717) is 35.3 Å². The van der Waals surface area contributed by atoms with Crippen LogP contribution in [-0.2, 0) is 5.41 Å². The van der Waals surface area contributed by atoms with Gasteiger partial charge < -0.3 is 19.9 Å². The number of nitrogens with one attached hydrogen (secondary N) is 4. The molecule has 1 fully saturated rings. The fourth-order valence-corrected chi connectivity index (χ4v) is 4.67. The van der Waals surface area contributed by atoms with Gasteiger partial charge in [0.1, 0.15) is 18.1 Å². The molecule has 220 valence electrons. The van der Waals surface area contributed by atoms with Crippen molar-refractivity contribution in [2.24, 2.45) is 0 Å². The predicted molar refractivity (Wildman–Crippen MR) is 162 cm³/mol. The number of nitrogens with zero attached hydrogens (tertiary/aromatic N) is 3. The Balaban J connectivity index is 1.13. The van der Waals surface area contributed by atoms with E-state index in [1.165, 1.54) is 12.8 Å². The van der Waals surface area contributed by atoms with Gasteiger partial charge in [-0.05, 0) is 69.3 Å². The normalized spacial score (nSPS) is 13.6. The Morgan fingerprint density at radius 1 is 1.00 bits per heavy atom. The van der Waals surface area contributed by atoms with Gasteiger partial charge in [-0.2, -0.15) is 5.10 Å². The Bertz CT molecular complexity index is 1510. The van der Waals surface area contributed by atoms with E-state index < -0.39 is 6.03 Å². The first kappa shape index (κ1) is 28.9. The van der Waals surface area contributed by atoms with Gasteiger partial charge in [0, 0.05) is 40.4 Å². The van der Waals surface area contributed by atoms with Crippen molar-refractivity contribution in [1.82, 2.24) is 20.3 Å². The van der Waals surface area contributed by atoms with Gasteiger partial charge in [-0.25, -0.2) is 4.79 Å². The summed E-state index contributed by atoms with van der Waals surface area (Å²) >= 11 is 0. The predicted octanol–water partition coefficient (Wildman–Crippen LogP) is 6.04. The second kappa shape index (κ2) is 12.5. The number of ether oxygens (including phenoxy) is 1. The third-order valence-corrected chi connectivity index (χ3v) is 7.16. The van der Waals surface area contributed by atoms with E-state index in [4.69, 9.17) is 9.26 Å². The van der Waals surface area contributed by atoms with Crippen LogP contribution in [0.5, 0.6) is 5.75 Å². The molecule has 1 aliphatic rings. The summed E-state index contributed by atoms with van der Waals surface area (Å²) in [6.45, 7) is 11.7. The fraction of sp³-hybridized carbons (Fsp3) is 0.355. The second-order valence-corrected chi connectivity index (χ2v) is 11.4. The molecule has 0 unspecified atom stereocenters. The SMILES string of the molecule is Cc1c(NC(=O)c2ccc(OCCN3CCCC3)cc2)n[nH]c1-c1ccc(NC(=O)Nc2cc(C(C)(C)C)on2)cc1. The summed E-state index contributed by atoms with van der Waals surface area (Å²) in [5.41, 5.74) is 3.32. The van der Waals surface area contributed by atoms with Gasteiger partial charge in [0.2, 0.25) is 0 Å². The summed E-state index contributed by atoms with van der Waals surface area (Å²) in [6, 6.07) is 15.7. The van der Waals surface area contributed by atoms with Crippen LogP contribution in [0.4, 0.5) is 22.1 Å². The molecule has 0 aliphatic carbocycles. The number of urea groups is 1. The van der Waals surface area contributed by atoms with Gasteiger partial charge in [0.25, 0.3) is 5.91 Å². The molecule has 0 radical (unpaired) electrons. The number of aromatic nitrogens is 3. The van der Waals surface area contributed by atoms with Gasteiger partial charge in [-0.15, -0.1) is 0 Å². The maximum absolute atomic E-state index is 12.9. The zero-order chi connectivity index (χ0) is 29.7. The van der Waals surface area contributed by atoms with Crippen molar-refractivity contribution in [3.63, 3.8) is 0 Å². The van der Waals surface area contributed by atoms with E-state index in [1.807, 2.05) is 52.0 Å². The summed E-state index contributed by atoms with van der Waals surface area (Å²) in [7, 11) is 0. The number of rotatable bonds is 9. The maximum Gasteiger partial charge on any atom is 0.324 e. The molecule has 0 spiro atoms. The molecule has 11 heteroatoms. The van der Waals surface area contributed by atoms with Gasteiger partial charge in [-0.3, -0.25) is 20.1 Å². The Morgan fingerprint density at radius 3 is 2.38 bits per heavy atom. The maximum atomic E-state index is 12.9. The molecule has 3 heterocycles. The van der Waals surface area contributed by atoms with Crippen molar-refractivity contribution in [2.75, 3.05) is 42.2 Å². The van der Waals surface area contributed by atoms with Crippen LogP contribution < -0.4 is 20.7 Å². The molecule has 11 nitrogen and oxygen atoms in total.